The van der Waals surface area contributed by atoms with Crippen molar-refractivity contribution in [2.75, 3.05) is 6.54 Å². The first-order chi connectivity index (χ1) is 11.8. The van der Waals surface area contributed by atoms with Crippen molar-refractivity contribution in [3.63, 3.8) is 0 Å². The third kappa shape index (κ3) is 3.86. The van der Waals surface area contributed by atoms with E-state index in [-0.39, 0.29) is 5.91 Å². The van der Waals surface area contributed by atoms with Gasteiger partial charge in [-0.05, 0) is 18.2 Å². The van der Waals surface area contributed by atoms with Crippen molar-refractivity contribution in [3.05, 3.63) is 76.1 Å². The van der Waals surface area contributed by atoms with Gasteiger partial charge in [-0.25, -0.2) is 4.98 Å². The van der Waals surface area contributed by atoms with Crippen molar-refractivity contribution in [2.24, 2.45) is 0 Å². The van der Waals surface area contributed by atoms with Crippen LogP contribution in [0.3, 0.4) is 0 Å². The highest BCUT2D eigenvalue weighted by molar-refractivity contribution is 7.09. The van der Waals surface area contributed by atoms with Crippen LogP contribution in [-0.2, 0) is 6.42 Å². The number of aromatic nitrogens is 1. The molecule has 0 bridgehead atoms. The molecule has 4 nitrogen and oxygen atoms in total. The Morgan fingerprint density at radius 3 is 2.79 bits per heavy atom. The van der Waals surface area contributed by atoms with E-state index in [0.29, 0.717) is 24.1 Å². The molecule has 118 valence electrons. The number of thiazole rings is 1. The molecule has 1 aromatic heterocycles. The van der Waals surface area contributed by atoms with Crippen LogP contribution in [0.5, 0.6) is 0 Å². The summed E-state index contributed by atoms with van der Waals surface area (Å²) >= 11 is 1.59. The Bertz CT molecular complexity index is 881. The number of amides is 1. The van der Waals surface area contributed by atoms with E-state index in [9.17, 15) is 4.79 Å². The van der Waals surface area contributed by atoms with Crippen LogP contribution >= 0.6 is 11.3 Å². The van der Waals surface area contributed by atoms with Gasteiger partial charge in [0.15, 0.2) is 0 Å². The lowest BCUT2D eigenvalue weighted by molar-refractivity contribution is 0.0954. The largest absolute Gasteiger partial charge is 0.352 e. The second-order valence-corrected chi connectivity index (χ2v) is 6.13. The molecule has 2 aromatic carbocycles. The minimum absolute atomic E-state index is 0.174. The SMILES string of the molecule is N#Cc1cccc(C(=O)NCCc2nc(-c3ccccc3)cs2)c1. The minimum atomic E-state index is -0.174. The zero-order chi connectivity index (χ0) is 16.8. The molecule has 0 unspecified atom stereocenters. The smallest absolute Gasteiger partial charge is 0.251 e. The molecule has 0 radical (unpaired) electrons. The summed E-state index contributed by atoms with van der Waals surface area (Å²) in [7, 11) is 0. The zero-order valence-corrected chi connectivity index (χ0v) is 13.7. The average molecular weight is 333 g/mol. The lowest BCUT2D eigenvalue weighted by Crippen LogP contribution is -2.25. The van der Waals surface area contributed by atoms with E-state index < -0.39 is 0 Å². The van der Waals surface area contributed by atoms with Gasteiger partial charge in [0.05, 0.1) is 22.3 Å². The summed E-state index contributed by atoms with van der Waals surface area (Å²) in [5.41, 5.74) is 3.04. The van der Waals surface area contributed by atoms with E-state index in [4.69, 9.17) is 5.26 Å². The molecule has 24 heavy (non-hydrogen) atoms. The van der Waals surface area contributed by atoms with Crippen molar-refractivity contribution in [3.8, 4) is 17.3 Å². The summed E-state index contributed by atoms with van der Waals surface area (Å²) in [5, 5.41) is 14.8. The highest BCUT2D eigenvalue weighted by atomic mass is 32.1. The molecule has 0 spiro atoms. The van der Waals surface area contributed by atoms with E-state index in [1.54, 1.807) is 35.6 Å². The van der Waals surface area contributed by atoms with Crippen LogP contribution in [-0.4, -0.2) is 17.4 Å². The Morgan fingerprint density at radius 1 is 1.17 bits per heavy atom. The Labute approximate surface area is 144 Å². The Morgan fingerprint density at radius 2 is 2.00 bits per heavy atom. The minimum Gasteiger partial charge on any atom is -0.352 e. The maximum absolute atomic E-state index is 12.1. The molecule has 1 amide bonds. The first kappa shape index (κ1) is 15.9. The highest BCUT2D eigenvalue weighted by Crippen LogP contribution is 2.21. The van der Waals surface area contributed by atoms with Gasteiger partial charge in [0.2, 0.25) is 0 Å². The number of nitrogens with one attached hydrogen (secondary N) is 1. The molecule has 0 aliphatic carbocycles. The number of nitrogens with zero attached hydrogens (tertiary/aromatic N) is 2. The number of nitriles is 1. The van der Waals surface area contributed by atoms with Crippen molar-refractivity contribution in [1.82, 2.24) is 10.3 Å². The molecule has 0 atom stereocenters. The normalized spacial score (nSPS) is 10.1. The predicted molar refractivity (Wildman–Crippen MR) is 94.7 cm³/mol. The van der Waals surface area contributed by atoms with Gasteiger partial charge in [-0.2, -0.15) is 5.26 Å². The van der Waals surface area contributed by atoms with Crippen molar-refractivity contribution in [2.45, 2.75) is 6.42 Å². The van der Waals surface area contributed by atoms with Gasteiger partial charge in [-0.15, -0.1) is 11.3 Å². The van der Waals surface area contributed by atoms with Crippen LogP contribution in [0.4, 0.5) is 0 Å². The fraction of sp³-hybridized carbons (Fsp3) is 0.105. The number of benzene rings is 2. The third-order valence-corrected chi connectivity index (χ3v) is 4.41. The van der Waals surface area contributed by atoms with E-state index >= 15 is 0 Å². The second kappa shape index (κ2) is 7.53. The highest BCUT2D eigenvalue weighted by Gasteiger charge is 2.07. The number of hydrogen-bond donors (Lipinski definition) is 1. The summed E-state index contributed by atoms with van der Waals surface area (Å²) in [6.07, 6.45) is 0.682. The lowest BCUT2D eigenvalue weighted by atomic mass is 10.1. The van der Waals surface area contributed by atoms with Crippen molar-refractivity contribution < 1.29 is 4.79 Å². The molecule has 0 aliphatic rings. The molecule has 0 saturated heterocycles. The van der Waals surface area contributed by atoms with Crippen LogP contribution in [0.1, 0.15) is 20.9 Å². The van der Waals surface area contributed by atoms with Gasteiger partial charge in [-0.3, -0.25) is 4.79 Å². The van der Waals surface area contributed by atoms with Gasteiger partial charge in [0.1, 0.15) is 0 Å². The Kier molecular flexibility index (Phi) is 4.99. The van der Waals surface area contributed by atoms with Crippen LogP contribution in [0.15, 0.2) is 60.0 Å². The molecule has 0 saturated carbocycles. The number of rotatable bonds is 5. The second-order valence-electron chi connectivity index (χ2n) is 5.19. The van der Waals surface area contributed by atoms with Gasteiger partial charge >= 0.3 is 0 Å². The van der Waals surface area contributed by atoms with Gasteiger partial charge in [0, 0.05) is 29.5 Å². The van der Waals surface area contributed by atoms with E-state index in [1.807, 2.05) is 41.8 Å². The molecule has 3 rings (SSSR count). The summed E-state index contributed by atoms with van der Waals surface area (Å²) in [6, 6.07) is 18.7. The Hall–Kier alpha value is -2.97. The molecule has 1 N–H and O–H groups in total. The molecule has 3 aromatic rings. The predicted octanol–water partition coefficient (Wildman–Crippen LogP) is 3.65. The van der Waals surface area contributed by atoms with Gasteiger partial charge in [0.25, 0.3) is 5.91 Å². The van der Waals surface area contributed by atoms with E-state index in [1.165, 1.54) is 0 Å². The molecule has 0 fully saturated rings. The van der Waals surface area contributed by atoms with Crippen molar-refractivity contribution >= 4 is 17.2 Å². The first-order valence-corrected chi connectivity index (χ1v) is 8.42. The van der Waals surface area contributed by atoms with Crippen LogP contribution in [0.25, 0.3) is 11.3 Å². The van der Waals surface area contributed by atoms with Crippen LogP contribution in [0, 0.1) is 11.3 Å². The van der Waals surface area contributed by atoms with E-state index in [2.05, 4.69) is 10.3 Å². The molecule has 0 aliphatic heterocycles. The molecule has 5 heteroatoms. The van der Waals surface area contributed by atoms with Crippen LogP contribution in [0.2, 0.25) is 0 Å². The molecule has 1 heterocycles. The summed E-state index contributed by atoms with van der Waals surface area (Å²) in [5.74, 6) is -0.174. The summed E-state index contributed by atoms with van der Waals surface area (Å²) in [4.78, 5) is 16.7. The quantitative estimate of drug-likeness (QED) is 0.775. The van der Waals surface area contributed by atoms with Crippen molar-refractivity contribution in [1.29, 1.82) is 5.26 Å². The number of carbonyl (C=O) groups excluding carboxylic acids is 1. The summed E-state index contributed by atoms with van der Waals surface area (Å²) in [6.45, 7) is 0.511. The zero-order valence-electron chi connectivity index (χ0n) is 12.9. The number of hydrogen-bond acceptors (Lipinski definition) is 4. The average Bonchev–Trinajstić information content (AvgIpc) is 3.11. The fourth-order valence-corrected chi connectivity index (χ4v) is 3.09. The third-order valence-electron chi connectivity index (χ3n) is 3.50. The Balaban J connectivity index is 1.56. The standard InChI is InChI=1S/C19H15N3OS/c20-12-14-5-4-8-16(11-14)19(23)21-10-9-18-22-17(13-24-18)15-6-2-1-3-7-15/h1-8,11,13H,9-10H2,(H,21,23). The lowest BCUT2D eigenvalue weighted by Gasteiger charge is -2.04. The topological polar surface area (TPSA) is 65.8 Å². The monoisotopic (exact) mass is 333 g/mol. The van der Waals surface area contributed by atoms with E-state index in [0.717, 1.165) is 16.3 Å². The fourth-order valence-electron chi connectivity index (χ4n) is 2.28. The maximum atomic E-state index is 12.1. The van der Waals surface area contributed by atoms with Gasteiger partial charge in [-0.1, -0.05) is 36.4 Å². The number of carbonyl (C=O) groups is 1. The maximum Gasteiger partial charge on any atom is 0.251 e. The summed E-state index contributed by atoms with van der Waals surface area (Å²) < 4.78 is 0. The molecular weight excluding hydrogens is 318 g/mol. The van der Waals surface area contributed by atoms with Crippen LogP contribution < -0.4 is 5.32 Å². The molecular formula is C19H15N3OS. The first-order valence-electron chi connectivity index (χ1n) is 7.54. The van der Waals surface area contributed by atoms with Gasteiger partial charge < -0.3 is 5.32 Å².